The Morgan fingerprint density at radius 1 is 1.37 bits per heavy atom. The van der Waals surface area contributed by atoms with Crippen LogP contribution in [-0.4, -0.2) is 21.0 Å². The van der Waals surface area contributed by atoms with E-state index in [1.165, 1.54) is 0 Å². The zero-order chi connectivity index (χ0) is 14.4. The lowest BCUT2D eigenvalue weighted by Crippen LogP contribution is -2.11. The number of alkyl halides is 3. The first-order chi connectivity index (χ1) is 8.71. The maximum atomic E-state index is 12.7. The Bertz CT molecular complexity index is 690. The molecule has 0 spiro atoms. The number of non-ortho nitro benzene ring substituents is 1. The molecule has 0 fully saturated rings. The van der Waals surface area contributed by atoms with Gasteiger partial charge in [-0.25, -0.2) is 4.79 Å². The fourth-order valence-corrected chi connectivity index (χ4v) is 1.73. The molecule has 9 heteroatoms. The van der Waals surface area contributed by atoms with Crippen molar-refractivity contribution in [2.75, 3.05) is 0 Å². The number of nitro benzene ring substituents is 1. The molecule has 0 saturated carbocycles. The van der Waals surface area contributed by atoms with Gasteiger partial charge < -0.3 is 10.1 Å². The highest BCUT2D eigenvalue weighted by Crippen LogP contribution is 2.36. The van der Waals surface area contributed by atoms with Gasteiger partial charge in [0.05, 0.1) is 16.0 Å². The molecule has 2 aromatic rings. The molecule has 0 atom stereocenters. The van der Waals surface area contributed by atoms with Crippen molar-refractivity contribution in [3.63, 3.8) is 0 Å². The van der Waals surface area contributed by atoms with Crippen LogP contribution in [0, 0.1) is 10.1 Å². The summed E-state index contributed by atoms with van der Waals surface area (Å²) in [6.07, 6.45) is -4.89. The first-order valence-corrected chi connectivity index (χ1v) is 4.82. The zero-order valence-electron chi connectivity index (χ0n) is 8.99. The van der Waals surface area contributed by atoms with Gasteiger partial charge in [0.15, 0.2) is 0 Å². The number of fused-ring (bicyclic) bond motifs is 1. The second-order valence-electron chi connectivity index (χ2n) is 3.66. The number of rotatable bonds is 2. The van der Waals surface area contributed by atoms with Crippen LogP contribution in [0.25, 0.3) is 10.9 Å². The van der Waals surface area contributed by atoms with Crippen molar-refractivity contribution in [1.82, 2.24) is 4.98 Å². The number of benzene rings is 1. The van der Waals surface area contributed by atoms with Crippen LogP contribution in [0.1, 0.15) is 16.1 Å². The molecule has 2 rings (SSSR count). The first-order valence-electron chi connectivity index (χ1n) is 4.82. The lowest BCUT2D eigenvalue weighted by molar-refractivity contribution is -0.384. The number of nitrogens with zero attached hydrogens (tertiary/aromatic N) is 1. The quantitative estimate of drug-likeness (QED) is 0.650. The Morgan fingerprint density at radius 3 is 2.47 bits per heavy atom. The maximum Gasteiger partial charge on any atom is 0.432 e. The minimum atomic E-state index is -4.89. The van der Waals surface area contributed by atoms with Gasteiger partial charge >= 0.3 is 12.1 Å². The molecular weight excluding hydrogens is 269 g/mol. The van der Waals surface area contributed by atoms with E-state index in [0.717, 1.165) is 18.2 Å². The molecule has 0 aliphatic heterocycles. The summed E-state index contributed by atoms with van der Waals surface area (Å²) >= 11 is 0. The number of carboxylic acids is 1. The van der Waals surface area contributed by atoms with Gasteiger partial charge in [0.1, 0.15) is 5.69 Å². The van der Waals surface area contributed by atoms with Gasteiger partial charge in [0.25, 0.3) is 5.69 Å². The summed E-state index contributed by atoms with van der Waals surface area (Å²) in [5, 5.41) is 19.1. The zero-order valence-corrected chi connectivity index (χ0v) is 8.99. The summed E-state index contributed by atoms with van der Waals surface area (Å²) in [5.74, 6) is -1.76. The Balaban J connectivity index is 2.80. The Morgan fingerprint density at radius 2 is 2.00 bits per heavy atom. The lowest BCUT2D eigenvalue weighted by Gasteiger charge is -2.04. The van der Waals surface area contributed by atoms with Crippen molar-refractivity contribution < 1.29 is 28.0 Å². The van der Waals surface area contributed by atoms with E-state index in [0.29, 0.717) is 0 Å². The summed E-state index contributed by atoms with van der Waals surface area (Å²) in [6, 6.07) is 2.78. The number of aromatic carboxylic acids is 1. The number of carbonyl (C=O) groups is 1. The van der Waals surface area contributed by atoms with Gasteiger partial charge in [-0.15, -0.1) is 0 Å². The van der Waals surface area contributed by atoms with E-state index in [1.807, 2.05) is 4.98 Å². The predicted octanol–water partition coefficient (Wildman–Crippen LogP) is 2.79. The highest BCUT2D eigenvalue weighted by atomic mass is 19.4. The smallest absolute Gasteiger partial charge is 0.432 e. The van der Waals surface area contributed by atoms with E-state index < -0.39 is 34.0 Å². The second-order valence-corrected chi connectivity index (χ2v) is 3.66. The van der Waals surface area contributed by atoms with Crippen LogP contribution in [0.15, 0.2) is 18.2 Å². The van der Waals surface area contributed by atoms with Gasteiger partial charge in [-0.2, -0.15) is 13.2 Å². The fourth-order valence-electron chi connectivity index (χ4n) is 1.73. The number of nitrogens with one attached hydrogen (secondary N) is 1. The monoisotopic (exact) mass is 274 g/mol. The molecular formula is C10H5F3N2O4. The second kappa shape index (κ2) is 3.97. The Hall–Kier alpha value is -2.58. The van der Waals surface area contributed by atoms with Crippen molar-refractivity contribution in [2.45, 2.75) is 6.18 Å². The molecule has 1 heterocycles. The number of aromatic nitrogens is 1. The van der Waals surface area contributed by atoms with E-state index in [2.05, 4.69) is 0 Å². The minimum absolute atomic E-state index is 0.231. The van der Waals surface area contributed by atoms with Gasteiger partial charge in [-0.05, 0) is 6.07 Å². The van der Waals surface area contributed by atoms with Crippen LogP contribution < -0.4 is 0 Å². The third-order valence-corrected chi connectivity index (χ3v) is 2.49. The fraction of sp³-hybridized carbons (Fsp3) is 0.100. The molecule has 0 bridgehead atoms. The van der Waals surface area contributed by atoms with Crippen LogP contribution in [0.5, 0.6) is 0 Å². The number of H-pyrrole nitrogens is 1. The number of aromatic amines is 1. The van der Waals surface area contributed by atoms with Gasteiger partial charge in [0.2, 0.25) is 0 Å². The highest BCUT2D eigenvalue weighted by Gasteiger charge is 2.38. The van der Waals surface area contributed by atoms with Gasteiger partial charge in [-0.3, -0.25) is 10.1 Å². The SMILES string of the molecule is O=C(O)c1c(C(F)(F)F)[nH]c2cc([N+](=O)[O-])ccc12. The number of hydrogen-bond acceptors (Lipinski definition) is 3. The van der Waals surface area contributed by atoms with Gasteiger partial charge in [0, 0.05) is 17.5 Å². The predicted molar refractivity (Wildman–Crippen MR) is 56.9 cm³/mol. The van der Waals surface area contributed by atoms with Crippen LogP contribution in [0.4, 0.5) is 18.9 Å². The Labute approximate surface area is 102 Å². The normalized spacial score (nSPS) is 11.7. The number of halogens is 3. The summed E-state index contributed by atoms with van der Waals surface area (Å²) in [7, 11) is 0. The largest absolute Gasteiger partial charge is 0.478 e. The van der Waals surface area contributed by atoms with E-state index in [4.69, 9.17) is 5.11 Å². The average molecular weight is 274 g/mol. The first kappa shape index (κ1) is 12.9. The third kappa shape index (κ3) is 2.09. The third-order valence-electron chi connectivity index (χ3n) is 2.49. The van der Waals surface area contributed by atoms with E-state index in [-0.39, 0.29) is 10.9 Å². The van der Waals surface area contributed by atoms with Crippen LogP contribution in [0.3, 0.4) is 0 Å². The lowest BCUT2D eigenvalue weighted by atomic mass is 10.1. The number of nitro groups is 1. The summed E-state index contributed by atoms with van der Waals surface area (Å²) in [6.45, 7) is 0. The molecule has 0 unspecified atom stereocenters. The molecule has 1 aromatic carbocycles. The van der Waals surface area contributed by atoms with Crippen molar-refractivity contribution in [3.05, 3.63) is 39.6 Å². The van der Waals surface area contributed by atoms with Crippen molar-refractivity contribution in [2.24, 2.45) is 0 Å². The Kier molecular flexibility index (Phi) is 2.69. The van der Waals surface area contributed by atoms with E-state index in [9.17, 15) is 28.1 Å². The van der Waals surface area contributed by atoms with Crippen molar-refractivity contribution >= 4 is 22.6 Å². The molecule has 19 heavy (non-hydrogen) atoms. The highest BCUT2D eigenvalue weighted by molar-refractivity contribution is 6.05. The van der Waals surface area contributed by atoms with Gasteiger partial charge in [-0.1, -0.05) is 0 Å². The molecule has 0 radical (unpaired) electrons. The molecule has 1 aromatic heterocycles. The molecule has 0 amide bonds. The van der Waals surface area contributed by atoms with Crippen molar-refractivity contribution in [3.8, 4) is 0 Å². The standard InChI is InChI=1S/C10H5F3N2O4/c11-10(12,13)8-7(9(16)17)5-2-1-4(15(18)19)3-6(5)14-8/h1-3,14H,(H,16,17). The summed E-state index contributed by atoms with van der Waals surface area (Å²) < 4.78 is 38.0. The molecule has 0 saturated heterocycles. The van der Waals surface area contributed by atoms with E-state index in [1.54, 1.807) is 0 Å². The average Bonchev–Trinajstić information content (AvgIpc) is 2.66. The molecule has 6 nitrogen and oxygen atoms in total. The number of carboxylic acid groups (broad SMARTS) is 1. The molecule has 0 aliphatic carbocycles. The molecule has 0 aliphatic rings. The molecule has 100 valence electrons. The minimum Gasteiger partial charge on any atom is -0.478 e. The summed E-state index contributed by atoms with van der Waals surface area (Å²) in [4.78, 5) is 22.5. The number of hydrogen-bond donors (Lipinski definition) is 2. The van der Waals surface area contributed by atoms with Crippen LogP contribution in [0.2, 0.25) is 0 Å². The van der Waals surface area contributed by atoms with E-state index >= 15 is 0 Å². The van der Waals surface area contributed by atoms with Crippen molar-refractivity contribution in [1.29, 1.82) is 0 Å². The summed E-state index contributed by atoms with van der Waals surface area (Å²) in [5.41, 5.74) is -3.06. The van der Waals surface area contributed by atoms with Crippen LogP contribution >= 0.6 is 0 Å². The van der Waals surface area contributed by atoms with Crippen LogP contribution in [-0.2, 0) is 6.18 Å². The molecule has 2 N–H and O–H groups in total. The topological polar surface area (TPSA) is 96.2 Å². The maximum absolute atomic E-state index is 12.7.